The van der Waals surface area contributed by atoms with Crippen molar-refractivity contribution in [3.63, 3.8) is 0 Å². The lowest BCUT2D eigenvalue weighted by Gasteiger charge is -2.29. The molecule has 0 saturated carbocycles. The van der Waals surface area contributed by atoms with Crippen LogP contribution in [-0.4, -0.2) is 5.11 Å². The fourth-order valence-corrected chi connectivity index (χ4v) is 2.39. The Labute approximate surface area is 111 Å². The van der Waals surface area contributed by atoms with Gasteiger partial charge in [-0.3, -0.25) is 0 Å². The molecule has 3 heteroatoms. The summed E-state index contributed by atoms with van der Waals surface area (Å²) in [5.74, 6) is -0.747. The largest absolute Gasteiger partial charge is 0.380 e. The highest BCUT2D eigenvalue weighted by atomic mass is 19.1. The molecule has 0 aliphatic rings. The van der Waals surface area contributed by atoms with Crippen molar-refractivity contribution < 1.29 is 13.9 Å². The zero-order valence-electron chi connectivity index (χ0n) is 11.0. The number of hydrogen-bond acceptors (Lipinski definition) is 1. The Balaban J connectivity index is 2.59. The van der Waals surface area contributed by atoms with Crippen LogP contribution in [0, 0.1) is 18.6 Å². The zero-order valence-corrected chi connectivity index (χ0v) is 11.0. The Morgan fingerprint density at radius 3 is 2.32 bits per heavy atom. The smallest absolute Gasteiger partial charge is 0.123 e. The van der Waals surface area contributed by atoms with Crippen molar-refractivity contribution in [1.82, 2.24) is 0 Å². The molecular weight excluding hydrogens is 246 g/mol. The van der Waals surface area contributed by atoms with Gasteiger partial charge in [-0.2, -0.15) is 0 Å². The maximum Gasteiger partial charge on any atom is 0.123 e. The van der Waals surface area contributed by atoms with Crippen LogP contribution in [-0.2, 0) is 5.60 Å². The van der Waals surface area contributed by atoms with Crippen LogP contribution < -0.4 is 0 Å². The van der Waals surface area contributed by atoms with E-state index in [0.29, 0.717) is 23.1 Å². The number of halogens is 2. The molecule has 0 aromatic heterocycles. The van der Waals surface area contributed by atoms with Gasteiger partial charge in [0.1, 0.15) is 17.2 Å². The molecule has 0 fully saturated rings. The monoisotopic (exact) mass is 262 g/mol. The fraction of sp³-hybridized carbons (Fsp3) is 0.250. The summed E-state index contributed by atoms with van der Waals surface area (Å²) >= 11 is 0. The van der Waals surface area contributed by atoms with Gasteiger partial charge in [0.05, 0.1) is 0 Å². The van der Waals surface area contributed by atoms with Gasteiger partial charge in [0, 0.05) is 0 Å². The van der Waals surface area contributed by atoms with Crippen molar-refractivity contribution in [3.05, 3.63) is 70.8 Å². The van der Waals surface area contributed by atoms with Crippen molar-refractivity contribution in [3.8, 4) is 0 Å². The fourth-order valence-electron chi connectivity index (χ4n) is 2.39. The molecule has 2 aromatic rings. The SMILES string of the molecule is CCC(O)(c1cccc(F)c1)c1ccc(F)cc1C. The Kier molecular flexibility index (Phi) is 3.67. The molecule has 1 atom stereocenters. The van der Waals surface area contributed by atoms with Gasteiger partial charge < -0.3 is 5.11 Å². The lowest BCUT2D eigenvalue weighted by Crippen LogP contribution is -2.27. The van der Waals surface area contributed by atoms with E-state index < -0.39 is 11.4 Å². The highest BCUT2D eigenvalue weighted by Crippen LogP contribution is 2.35. The van der Waals surface area contributed by atoms with E-state index in [1.807, 2.05) is 6.92 Å². The highest BCUT2D eigenvalue weighted by Gasteiger charge is 2.31. The van der Waals surface area contributed by atoms with Gasteiger partial charge >= 0.3 is 0 Å². The van der Waals surface area contributed by atoms with E-state index in [-0.39, 0.29) is 5.82 Å². The lowest BCUT2D eigenvalue weighted by atomic mass is 9.82. The predicted octanol–water partition coefficient (Wildman–Crippen LogP) is 3.92. The van der Waals surface area contributed by atoms with Gasteiger partial charge in [-0.25, -0.2) is 8.78 Å². The summed E-state index contributed by atoms with van der Waals surface area (Å²) in [7, 11) is 0. The molecule has 1 unspecified atom stereocenters. The summed E-state index contributed by atoms with van der Waals surface area (Å²) in [5.41, 5.74) is 0.417. The quantitative estimate of drug-likeness (QED) is 0.889. The maximum absolute atomic E-state index is 13.3. The molecule has 19 heavy (non-hydrogen) atoms. The number of aryl methyl sites for hydroxylation is 1. The minimum atomic E-state index is -1.31. The van der Waals surface area contributed by atoms with Crippen LogP contribution in [0.1, 0.15) is 30.0 Å². The third-order valence-corrected chi connectivity index (χ3v) is 3.45. The van der Waals surface area contributed by atoms with Crippen LogP contribution >= 0.6 is 0 Å². The van der Waals surface area contributed by atoms with Crippen LogP contribution in [0.4, 0.5) is 8.78 Å². The summed E-state index contributed by atoms with van der Waals surface area (Å²) in [4.78, 5) is 0. The lowest BCUT2D eigenvalue weighted by molar-refractivity contribution is 0.0754. The zero-order chi connectivity index (χ0) is 14.0. The summed E-state index contributed by atoms with van der Waals surface area (Å²) in [5, 5.41) is 10.9. The van der Waals surface area contributed by atoms with Gasteiger partial charge in [-0.05, 0) is 54.3 Å². The minimum Gasteiger partial charge on any atom is -0.380 e. The van der Waals surface area contributed by atoms with Crippen LogP contribution in [0.25, 0.3) is 0 Å². The van der Waals surface area contributed by atoms with Crippen molar-refractivity contribution >= 4 is 0 Å². The van der Waals surface area contributed by atoms with Gasteiger partial charge in [-0.15, -0.1) is 0 Å². The molecule has 0 saturated heterocycles. The molecule has 0 heterocycles. The van der Waals surface area contributed by atoms with Crippen LogP contribution in [0.2, 0.25) is 0 Å². The molecule has 2 rings (SSSR count). The van der Waals surface area contributed by atoms with Crippen molar-refractivity contribution in [2.24, 2.45) is 0 Å². The maximum atomic E-state index is 13.3. The van der Waals surface area contributed by atoms with E-state index in [9.17, 15) is 13.9 Å². The molecular formula is C16H16F2O. The first-order chi connectivity index (χ1) is 8.97. The molecule has 1 nitrogen and oxygen atoms in total. The average molecular weight is 262 g/mol. The summed E-state index contributed by atoms with van der Waals surface area (Å²) in [6.45, 7) is 3.55. The predicted molar refractivity (Wildman–Crippen MR) is 70.8 cm³/mol. The van der Waals surface area contributed by atoms with E-state index in [4.69, 9.17) is 0 Å². The second kappa shape index (κ2) is 5.10. The Bertz CT molecular complexity index is 595. The van der Waals surface area contributed by atoms with Gasteiger partial charge in [-0.1, -0.05) is 25.1 Å². The summed E-state index contributed by atoms with van der Waals surface area (Å²) < 4.78 is 26.5. The molecule has 0 bridgehead atoms. The first-order valence-electron chi connectivity index (χ1n) is 6.22. The van der Waals surface area contributed by atoms with E-state index in [1.54, 1.807) is 25.1 Å². The normalized spacial score (nSPS) is 14.2. The van der Waals surface area contributed by atoms with Gasteiger partial charge in [0.2, 0.25) is 0 Å². The molecule has 0 aliphatic heterocycles. The topological polar surface area (TPSA) is 20.2 Å². The molecule has 0 amide bonds. The highest BCUT2D eigenvalue weighted by molar-refractivity contribution is 5.40. The number of aliphatic hydroxyl groups is 1. The molecule has 1 N–H and O–H groups in total. The van der Waals surface area contributed by atoms with E-state index in [2.05, 4.69) is 0 Å². The van der Waals surface area contributed by atoms with E-state index >= 15 is 0 Å². The first-order valence-corrected chi connectivity index (χ1v) is 6.22. The average Bonchev–Trinajstić information content (AvgIpc) is 2.38. The van der Waals surface area contributed by atoms with Crippen molar-refractivity contribution in [2.75, 3.05) is 0 Å². The second-order valence-electron chi connectivity index (χ2n) is 4.68. The van der Waals surface area contributed by atoms with Crippen molar-refractivity contribution in [2.45, 2.75) is 25.9 Å². The third kappa shape index (κ3) is 2.51. The molecule has 2 aromatic carbocycles. The van der Waals surface area contributed by atoms with Gasteiger partial charge in [0.15, 0.2) is 0 Å². The molecule has 0 aliphatic carbocycles. The Morgan fingerprint density at radius 1 is 1.05 bits per heavy atom. The Hall–Kier alpha value is -1.74. The molecule has 0 spiro atoms. The molecule has 100 valence electrons. The number of benzene rings is 2. The van der Waals surface area contributed by atoms with Crippen LogP contribution in [0.15, 0.2) is 42.5 Å². The van der Waals surface area contributed by atoms with Crippen LogP contribution in [0.3, 0.4) is 0 Å². The molecule has 0 radical (unpaired) electrons. The van der Waals surface area contributed by atoms with Crippen LogP contribution in [0.5, 0.6) is 0 Å². The number of rotatable bonds is 3. The minimum absolute atomic E-state index is 0.348. The Morgan fingerprint density at radius 2 is 1.74 bits per heavy atom. The standard InChI is InChI=1S/C16H16F2O/c1-3-16(19,12-5-4-6-13(17)10-12)15-8-7-14(18)9-11(15)2/h4-10,19H,3H2,1-2H3. The van der Waals surface area contributed by atoms with Gasteiger partial charge in [0.25, 0.3) is 0 Å². The van der Waals surface area contributed by atoms with E-state index in [1.165, 1.54) is 24.3 Å². The third-order valence-electron chi connectivity index (χ3n) is 3.45. The van der Waals surface area contributed by atoms with Crippen molar-refractivity contribution in [1.29, 1.82) is 0 Å². The number of hydrogen-bond donors (Lipinski definition) is 1. The first kappa shape index (κ1) is 13.7. The summed E-state index contributed by atoms with van der Waals surface area (Å²) in [6, 6.07) is 10.1. The van der Waals surface area contributed by atoms with E-state index in [0.717, 1.165) is 0 Å². The summed E-state index contributed by atoms with van der Waals surface area (Å²) in [6.07, 6.45) is 0.378. The second-order valence-corrected chi connectivity index (χ2v) is 4.68.